The van der Waals surface area contributed by atoms with Crippen LogP contribution in [-0.2, 0) is 22.6 Å². The molecule has 126 valence electrons. The molecule has 0 aliphatic carbocycles. The van der Waals surface area contributed by atoms with Crippen LogP contribution in [0.2, 0.25) is 0 Å². The van der Waals surface area contributed by atoms with Crippen LogP contribution in [0.4, 0.5) is 5.69 Å². The average Bonchev–Trinajstić information content (AvgIpc) is 3.25. The van der Waals surface area contributed by atoms with Gasteiger partial charge in [-0.2, -0.15) is 4.98 Å². The number of rotatable bonds is 6. The molecule has 2 aromatic rings. The number of anilines is 1. The second-order valence-corrected chi connectivity index (χ2v) is 5.56. The maximum Gasteiger partial charge on any atom is 0.246 e. The van der Waals surface area contributed by atoms with Crippen LogP contribution in [0.1, 0.15) is 24.6 Å². The molecule has 1 aliphatic rings. The molecule has 1 unspecified atom stereocenters. The van der Waals surface area contributed by atoms with Crippen LogP contribution in [0.5, 0.6) is 0 Å². The van der Waals surface area contributed by atoms with E-state index in [1.165, 1.54) is 0 Å². The van der Waals surface area contributed by atoms with Crippen LogP contribution in [0, 0.1) is 0 Å². The lowest BCUT2D eigenvalue weighted by Gasteiger charge is -2.08. The Labute approximate surface area is 139 Å². The number of hydrogen-bond acceptors (Lipinski definition) is 6. The second-order valence-electron chi connectivity index (χ2n) is 5.56. The first kappa shape index (κ1) is 16.1. The number of para-hydroxylation sites is 1. The van der Waals surface area contributed by atoms with E-state index >= 15 is 0 Å². The number of hydrogen-bond donors (Lipinski definition) is 3. The smallest absolute Gasteiger partial charge is 0.246 e. The predicted octanol–water partition coefficient (Wildman–Crippen LogP) is 0.619. The normalized spacial score (nSPS) is 16.8. The van der Waals surface area contributed by atoms with Crippen LogP contribution in [0.15, 0.2) is 34.9 Å². The van der Waals surface area contributed by atoms with Gasteiger partial charge in [0, 0.05) is 5.69 Å². The molecule has 24 heavy (non-hydrogen) atoms. The Morgan fingerprint density at radius 3 is 2.88 bits per heavy atom. The van der Waals surface area contributed by atoms with Gasteiger partial charge in [-0.05, 0) is 31.5 Å². The Morgan fingerprint density at radius 2 is 2.12 bits per heavy atom. The summed E-state index contributed by atoms with van der Waals surface area (Å²) in [4.78, 5) is 27.9. The summed E-state index contributed by atoms with van der Waals surface area (Å²) in [5.41, 5.74) is 0.711. The highest BCUT2D eigenvalue weighted by Crippen LogP contribution is 2.07. The molecule has 0 radical (unpaired) electrons. The molecule has 2 heterocycles. The van der Waals surface area contributed by atoms with Crippen LogP contribution >= 0.6 is 0 Å². The summed E-state index contributed by atoms with van der Waals surface area (Å²) < 4.78 is 5.05. The van der Waals surface area contributed by atoms with Crippen molar-refractivity contribution in [2.24, 2.45) is 0 Å². The van der Waals surface area contributed by atoms with Gasteiger partial charge in [0.05, 0.1) is 19.0 Å². The Kier molecular flexibility index (Phi) is 5.17. The van der Waals surface area contributed by atoms with Gasteiger partial charge in [0.2, 0.25) is 17.7 Å². The Hall–Kier alpha value is -2.74. The van der Waals surface area contributed by atoms with Crippen LogP contribution in [0.3, 0.4) is 0 Å². The van der Waals surface area contributed by atoms with E-state index in [-0.39, 0.29) is 42.5 Å². The number of amides is 2. The molecule has 8 heteroatoms. The highest BCUT2D eigenvalue weighted by Gasteiger charge is 2.22. The van der Waals surface area contributed by atoms with Crippen LogP contribution in [-0.4, -0.2) is 34.5 Å². The van der Waals surface area contributed by atoms with Gasteiger partial charge >= 0.3 is 0 Å². The topological polar surface area (TPSA) is 109 Å². The maximum absolute atomic E-state index is 11.9. The largest absolute Gasteiger partial charge is 0.346 e. The Morgan fingerprint density at radius 1 is 1.29 bits per heavy atom. The Bertz CT molecular complexity index is 695. The van der Waals surface area contributed by atoms with Crippen molar-refractivity contribution in [3.8, 4) is 0 Å². The van der Waals surface area contributed by atoms with E-state index in [2.05, 4.69) is 26.1 Å². The number of nitrogens with zero attached hydrogens (tertiary/aromatic N) is 2. The van der Waals surface area contributed by atoms with Crippen molar-refractivity contribution in [1.29, 1.82) is 0 Å². The van der Waals surface area contributed by atoms with E-state index < -0.39 is 0 Å². The fraction of sp³-hybridized carbons (Fsp3) is 0.375. The van der Waals surface area contributed by atoms with Gasteiger partial charge in [0.1, 0.15) is 0 Å². The quantitative estimate of drug-likeness (QED) is 0.717. The first-order chi connectivity index (χ1) is 11.7. The summed E-state index contributed by atoms with van der Waals surface area (Å²) in [6.07, 6.45) is 1.84. The summed E-state index contributed by atoms with van der Waals surface area (Å²) in [6, 6.07) is 8.99. The predicted molar refractivity (Wildman–Crippen MR) is 85.9 cm³/mol. The zero-order chi connectivity index (χ0) is 16.8. The molecule has 1 aromatic heterocycles. The van der Waals surface area contributed by atoms with Gasteiger partial charge in [-0.1, -0.05) is 23.4 Å². The molecule has 0 bridgehead atoms. The van der Waals surface area contributed by atoms with E-state index in [1.54, 1.807) is 12.1 Å². The van der Waals surface area contributed by atoms with E-state index in [1.807, 2.05) is 18.2 Å². The zero-order valence-corrected chi connectivity index (χ0v) is 13.1. The molecule has 1 fully saturated rings. The second kappa shape index (κ2) is 7.69. The monoisotopic (exact) mass is 329 g/mol. The number of benzene rings is 1. The molecule has 1 atom stereocenters. The summed E-state index contributed by atoms with van der Waals surface area (Å²) in [6.45, 7) is 1.02. The molecule has 1 saturated heterocycles. The third-order valence-electron chi connectivity index (χ3n) is 3.68. The van der Waals surface area contributed by atoms with Crippen molar-refractivity contribution < 1.29 is 14.1 Å². The van der Waals surface area contributed by atoms with Crippen molar-refractivity contribution in [1.82, 2.24) is 20.8 Å². The van der Waals surface area contributed by atoms with Crippen molar-refractivity contribution >= 4 is 17.5 Å². The zero-order valence-electron chi connectivity index (χ0n) is 13.1. The number of carbonyl (C=O) groups is 2. The number of carbonyl (C=O) groups excluding carboxylic acids is 2. The van der Waals surface area contributed by atoms with E-state index in [0.29, 0.717) is 5.69 Å². The SMILES string of the molecule is O=C(Cc1noc(CNC(=O)C2CCCN2)n1)Nc1ccccc1. The lowest BCUT2D eigenvalue weighted by atomic mass is 10.2. The average molecular weight is 329 g/mol. The highest BCUT2D eigenvalue weighted by atomic mass is 16.5. The summed E-state index contributed by atoms with van der Waals surface area (Å²) >= 11 is 0. The van der Waals surface area contributed by atoms with Gasteiger partial charge in [0.25, 0.3) is 0 Å². The molecular weight excluding hydrogens is 310 g/mol. The van der Waals surface area contributed by atoms with Crippen molar-refractivity contribution in [3.05, 3.63) is 42.0 Å². The van der Waals surface area contributed by atoms with Crippen LogP contribution < -0.4 is 16.0 Å². The van der Waals surface area contributed by atoms with Crippen molar-refractivity contribution in [2.45, 2.75) is 31.8 Å². The minimum Gasteiger partial charge on any atom is -0.346 e. The number of aromatic nitrogens is 2. The molecular formula is C16H19N5O3. The third kappa shape index (κ3) is 4.39. The first-order valence-corrected chi connectivity index (χ1v) is 7.88. The molecule has 1 aliphatic heterocycles. The van der Waals surface area contributed by atoms with Gasteiger partial charge in [-0.15, -0.1) is 0 Å². The summed E-state index contributed by atoms with van der Waals surface area (Å²) in [7, 11) is 0. The minimum absolute atomic E-state index is 0.0104. The highest BCUT2D eigenvalue weighted by molar-refractivity contribution is 5.91. The molecule has 0 spiro atoms. The first-order valence-electron chi connectivity index (χ1n) is 7.88. The molecule has 2 amide bonds. The lowest BCUT2D eigenvalue weighted by molar-refractivity contribution is -0.123. The van der Waals surface area contributed by atoms with Crippen molar-refractivity contribution in [2.75, 3.05) is 11.9 Å². The molecule has 8 nitrogen and oxygen atoms in total. The fourth-order valence-corrected chi connectivity index (χ4v) is 2.50. The maximum atomic E-state index is 11.9. The van der Waals surface area contributed by atoms with E-state index in [4.69, 9.17) is 4.52 Å². The fourth-order valence-electron chi connectivity index (χ4n) is 2.50. The molecule has 3 N–H and O–H groups in total. The molecule has 3 rings (SSSR count). The minimum atomic E-state index is -0.229. The van der Waals surface area contributed by atoms with Crippen LogP contribution in [0.25, 0.3) is 0 Å². The van der Waals surface area contributed by atoms with Crippen molar-refractivity contribution in [3.63, 3.8) is 0 Å². The molecule has 0 saturated carbocycles. The third-order valence-corrected chi connectivity index (χ3v) is 3.68. The van der Waals surface area contributed by atoms with E-state index in [0.717, 1.165) is 19.4 Å². The van der Waals surface area contributed by atoms with Gasteiger partial charge in [0.15, 0.2) is 5.82 Å². The summed E-state index contributed by atoms with van der Waals surface area (Å²) in [5, 5.41) is 12.4. The standard InChI is InChI=1S/C16H19N5O3/c22-14(19-11-5-2-1-3-6-11)9-13-20-15(24-21-13)10-18-16(23)12-7-4-8-17-12/h1-3,5-6,12,17H,4,7-10H2,(H,18,23)(H,19,22). The van der Waals surface area contributed by atoms with Gasteiger partial charge in [-0.3, -0.25) is 9.59 Å². The Balaban J connectivity index is 1.46. The van der Waals surface area contributed by atoms with Gasteiger partial charge < -0.3 is 20.5 Å². The number of nitrogens with one attached hydrogen (secondary N) is 3. The molecule has 1 aromatic carbocycles. The summed E-state index contributed by atoms with van der Waals surface area (Å²) in [5.74, 6) is 0.261. The van der Waals surface area contributed by atoms with Gasteiger partial charge in [-0.25, -0.2) is 0 Å². The van der Waals surface area contributed by atoms with E-state index in [9.17, 15) is 9.59 Å². The lowest BCUT2D eigenvalue weighted by Crippen LogP contribution is -2.40.